The van der Waals surface area contributed by atoms with Gasteiger partial charge in [0, 0.05) is 32.7 Å². The molecule has 2 aromatic rings. The summed E-state index contributed by atoms with van der Waals surface area (Å²) >= 11 is 0. The number of carbonyl (C=O) groups excluding carboxylic acids is 1. The van der Waals surface area contributed by atoms with E-state index >= 15 is 0 Å². The van der Waals surface area contributed by atoms with Gasteiger partial charge in [-0.15, -0.1) is 0 Å². The number of nitrogens with zero attached hydrogens (tertiary/aromatic N) is 1. The van der Waals surface area contributed by atoms with Crippen molar-refractivity contribution < 1.29 is 14.3 Å². The zero-order valence-corrected chi connectivity index (χ0v) is 15.0. The molecule has 25 heavy (non-hydrogen) atoms. The van der Waals surface area contributed by atoms with E-state index in [2.05, 4.69) is 16.3 Å². The maximum Gasteiger partial charge on any atom is 0.313 e. The zero-order chi connectivity index (χ0) is 17.6. The fourth-order valence-corrected chi connectivity index (χ4v) is 3.11. The summed E-state index contributed by atoms with van der Waals surface area (Å²) in [4.78, 5) is 14.7. The summed E-state index contributed by atoms with van der Waals surface area (Å²) in [5, 5.41) is 5.51. The first kappa shape index (κ1) is 17.7. The van der Waals surface area contributed by atoms with Crippen molar-refractivity contribution in [2.45, 2.75) is 12.8 Å². The molecular weight excluding hydrogens is 316 g/mol. The average molecular weight is 342 g/mol. The number of methoxy groups -OCH3 is 1. The molecule has 0 saturated carbocycles. The van der Waals surface area contributed by atoms with Gasteiger partial charge in [-0.25, -0.2) is 0 Å². The Hall–Kier alpha value is -2.11. The van der Waals surface area contributed by atoms with Gasteiger partial charge in [-0.2, -0.15) is 0 Å². The van der Waals surface area contributed by atoms with E-state index in [9.17, 15) is 4.79 Å². The van der Waals surface area contributed by atoms with Crippen molar-refractivity contribution in [3.63, 3.8) is 0 Å². The van der Waals surface area contributed by atoms with Gasteiger partial charge in [0.2, 0.25) is 0 Å². The van der Waals surface area contributed by atoms with E-state index in [-0.39, 0.29) is 11.9 Å². The number of hydrogen-bond acceptors (Lipinski definition) is 5. The standard InChI is InChI=1S/C20H26N2O3/c1-15(20(23)25-12-11-22-9-7-21-8-10-22)16-3-4-18-14-19(24-2)6-5-17(18)13-16/h3-6,13-15,21H,7-12H2,1-2H3/t15-/m0/s1. The molecule has 3 rings (SSSR count). The minimum Gasteiger partial charge on any atom is -0.497 e. The van der Waals surface area contributed by atoms with Crippen LogP contribution in [0.4, 0.5) is 0 Å². The Morgan fingerprint density at radius 2 is 1.88 bits per heavy atom. The number of nitrogens with one attached hydrogen (secondary N) is 1. The quantitative estimate of drug-likeness (QED) is 0.817. The van der Waals surface area contributed by atoms with Crippen molar-refractivity contribution in [1.29, 1.82) is 0 Å². The summed E-state index contributed by atoms with van der Waals surface area (Å²) in [6.45, 7) is 7.20. The molecule has 1 N–H and O–H groups in total. The Morgan fingerprint density at radius 1 is 1.16 bits per heavy atom. The van der Waals surface area contributed by atoms with Crippen molar-refractivity contribution in [1.82, 2.24) is 10.2 Å². The number of carbonyl (C=O) groups is 1. The second kappa shape index (κ2) is 8.32. The number of esters is 1. The molecule has 2 aromatic carbocycles. The van der Waals surface area contributed by atoms with Crippen LogP contribution in [0.2, 0.25) is 0 Å². The van der Waals surface area contributed by atoms with E-state index in [0.29, 0.717) is 6.61 Å². The summed E-state index contributed by atoms with van der Waals surface area (Å²) in [7, 11) is 1.66. The van der Waals surface area contributed by atoms with Crippen molar-refractivity contribution in [2.24, 2.45) is 0 Å². The van der Waals surface area contributed by atoms with E-state index < -0.39 is 0 Å². The molecule has 1 aliphatic rings. The largest absolute Gasteiger partial charge is 0.497 e. The van der Waals surface area contributed by atoms with Crippen molar-refractivity contribution in [3.8, 4) is 5.75 Å². The molecule has 134 valence electrons. The Labute approximate surface area is 148 Å². The molecule has 0 amide bonds. The second-order valence-electron chi connectivity index (χ2n) is 6.45. The molecule has 1 atom stereocenters. The van der Waals surface area contributed by atoms with Crippen LogP contribution in [0.1, 0.15) is 18.4 Å². The third-order valence-electron chi connectivity index (χ3n) is 4.79. The number of piperazine rings is 1. The van der Waals surface area contributed by atoms with Crippen LogP contribution in [0, 0.1) is 0 Å². The first-order valence-corrected chi connectivity index (χ1v) is 8.85. The van der Waals surface area contributed by atoms with Crippen LogP contribution in [0.25, 0.3) is 10.8 Å². The maximum atomic E-state index is 12.3. The van der Waals surface area contributed by atoms with Crippen LogP contribution in [-0.4, -0.2) is 57.3 Å². The first-order valence-electron chi connectivity index (χ1n) is 8.85. The highest BCUT2D eigenvalue weighted by Gasteiger charge is 2.18. The molecule has 0 unspecified atom stereocenters. The lowest BCUT2D eigenvalue weighted by molar-refractivity contribution is -0.145. The van der Waals surface area contributed by atoms with Crippen LogP contribution in [0.5, 0.6) is 5.75 Å². The van der Waals surface area contributed by atoms with Gasteiger partial charge in [-0.1, -0.05) is 24.3 Å². The predicted octanol–water partition coefficient (Wildman–Crippen LogP) is 2.40. The SMILES string of the molecule is COc1ccc2cc([C@H](C)C(=O)OCCN3CCNCC3)ccc2c1. The number of ether oxygens (including phenoxy) is 2. The fourth-order valence-electron chi connectivity index (χ4n) is 3.11. The van der Waals surface area contributed by atoms with Crippen LogP contribution in [0.15, 0.2) is 36.4 Å². The molecular formula is C20H26N2O3. The fraction of sp³-hybridized carbons (Fsp3) is 0.450. The molecule has 1 aliphatic heterocycles. The monoisotopic (exact) mass is 342 g/mol. The Morgan fingerprint density at radius 3 is 2.64 bits per heavy atom. The highest BCUT2D eigenvalue weighted by atomic mass is 16.5. The van der Waals surface area contributed by atoms with E-state index in [1.54, 1.807) is 7.11 Å². The summed E-state index contributed by atoms with van der Waals surface area (Å²) in [6.07, 6.45) is 0. The molecule has 1 heterocycles. The van der Waals surface area contributed by atoms with Crippen LogP contribution < -0.4 is 10.1 Å². The van der Waals surface area contributed by atoms with Gasteiger partial charge >= 0.3 is 5.97 Å². The Balaban J connectivity index is 1.58. The Bertz CT molecular complexity index is 726. The van der Waals surface area contributed by atoms with Gasteiger partial charge in [0.15, 0.2) is 0 Å². The van der Waals surface area contributed by atoms with Crippen molar-refractivity contribution in [3.05, 3.63) is 42.0 Å². The van der Waals surface area contributed by atoms with E-state index in [1.165, 1.54) is 0 Å². The average Bonchev–Trinajstić information content (AvgIpc) is 2.67. The third kappa shape index (κ3) is 4.50. The van der Waals surface area contributed by atoms with Crippen molar-refractivity contribution in [2.75, 3.05) is 46.4 Å². The molecule has 0 bridgehead atoms. The molecule has 0 aromatic heterocycles. The summed E-state index contributed by atoms with van der Waals surface area (Å²) < 4.78 is 10.7. The minimum atomic E-state index is -0.269. The molecule has 1 saturated heterocycles. The third-order valence-corrected chi connectivity index (χ3v) is 4.79. The van der Waals surface area contributed by atoms with Gasteiger partial charge in [-0.05, 0) is 35.4 Å². The lowest BCUT2D eigenvalue weighted by Crippen LogP contribution is -2.44. The van der Waals surface area contributed by atoms with Crippen LogP contribution in [0.3, 0.4) is 0 Å². The van der Waals surface area contributed by atoms with Crippen molar-refractivity contribution >= 4 is 16.7 Å². The Kier molecular flexibility index (Phi) is 5.89. The maximum absolute atomic E-state index is 12.3. The molecule has 5 heteroatoms. The van der Waals surface area contributed by atoms with Crippen LogP contribution >= 0.6 is 0 Å². The van der Waals surface area contributed by atoms with Crippen LogP contribution in [-0.2, 0) is 9.53 Å². The highest BCUT2D eigenvalue weighted by Crippen LogP contribution is 2.25. The smallest absolute Gasteiger partial charge is 0.313 e. The van der Waals surface area contributed by atoms with Gasteiger partial charge in [0.05, 0.1) is 13.0 Å². The van der Waals surface area contributed by atoms with E-state index in [1.807, 2.05) is 37.3 Å². The predicted molar refractivity (Wildman–Crippen MR) is 99.2 cm³/mol. The zero-order valence-electron chi connectivity index (χ0n) is 15.0. The summed E-state index contributed by atoms with van der Waals surface area (Å²) in [5.74, 6) is 0.401. The minimum absolute atomic E-state index is 0.164. The number of hydrogen-bond donors (Lipinski definition) is 1. The molecule has 0 spiro atoms. The van der Waals surface area contributed by atoms with Gasteiger partial charge in [0.25, 0.3) is 0 Å². The lowest BCUT2D eigenvalue weighted by Gasteiger charge is -2.26. The number of rotatable bonds is 6. The number of benzene rings is 2. The van der Waals surface area contributed by atoms with Gasteiger partial charge in [-0.3, -0.25) is 9.69 Å². The van der Waals surface area contributed by atoms with Gasteiger partial charge in [0.1, 0.15) is 12.4 Å². The molecule has 0 radical (unpaired) electrons. The molecule has 1 fully saturated rings. The first-order chi connectivity index (χ1) is 12.2. The normalized spacial score (nSPS) is 16.6. The molecule has 0 aliphatic carbocycles. The topological polar surface area (TPSA) is 50.8 Å². The lowest BCUT2D eigenvalue weighted by atomic mass is 9.98. The van der Waals surface area contributed by atoms with E-state index in [0.717, 1.165) is 54.8 Å². The van der Waals surface area contributed by atoms with E-state index in [4.69, 9.17) is 9.47 Å². The second-order valence-corrected chi connectivity index (χ2v) is 6.45. The summed E-state index contributed by atoms with van der Waals surface area (Å²) in [5.41, 5.74) is 0.977. The summed E-state index contributed by atoms with van der Waals surface area (Å²) in [6, 6.07) is 12.0. The number of fused-ring (bicyclic) bond motifs is 1. The molecule has 5 nitrogen and oxygen atoms in total. The van der Waals surface area contributed by atoms with Gasteiger partial charge < -0.3 is 14.8 Å². The highest BCUT2D eigenvalue weighted by molar-refractivity contribution is 5.86.